The topological polar surface area (TPSA) is 217 Å². The van der Waals surface area contributed by atoms with Gasteiger partial charge in [-0.3, -0.25) is 14.4 Å². The summed E-state index contributed by atoms with van der Waals surface area (Å²) in [5, 5.41) is 35.3. The molecule has 0 aliphatic heterocycles. The number of phenols is 1. The number of hydrogen-bond acceptors (Lipinski definition) is 9. The lowest BCUT2D eigenvalue weighted by Gasteiger charge is -2.25. The maximum absolute atomic E-state index is 12.9. The number of benzene rings is 1. The van der Waals surface area contributed by atoms with Crippen LogP contribution in [0.2, 0.25) is 0 Å². The fourth-order valence-electron chi connectivity index (χ4n) is 3.13. The zero-order valence-electron chi connectivity index (χ0n) is 19.5. The molecule has 1 aromatic rings. The predicted molar refractivity (Wildman–Crippen MR) is 132 cm³/mol. The monoisotopic (exact) mass is 513 g/mol. The van der Waals surface area contributed by atoms with Gasteiger partial charge in [-0.05, 0) is 56.8 Å². The first-order valence-electron chi connectivity index (χ1n) is 11.2. The fraction of sp³-hybridized carbons (Fsp3) is 0.545. The number of nitrogens with two attached hydrogens (primary N) is 2. The number of carbonyl (C=O) groups excluding carboxylic acids is 3. The summed E-state index contributed by atoms with van der Waals surface area (Å²) in [7, 11) is 0. The number of aliphatic hydroxyl groups is 1. The van der Waals surface area contributed by atoms with E-state index in [2.05, 4.69) is 28.6 Å². The molecule has 35 heavy (non-hydrogen) atoms. The Labute approximate surface area is 209 Å². The molecule has 0 saturated heterocycles. The molecule has 0 aliphatic rings. The molecule has 0 bridgehead atoms. The van der Waals surface area contributed by atoms with Crippen molar-refractivity contribution in [2.24, 2.45) is 11.5 Å². The number of carbonyl (C=O) groups is 4. The summed E-state index contributed by atoms with van der Waals surface area (Å²) in [4.78, 5) is 49.3. The van der Waals surface area contributed by atoms with E-state index in [1.807, 2.05) is 0 Å². The molecule has 1 aromatic carbocycles. The van der Waals surface area contributed by atoms with Crippen LogP contribution in [-0.2, 0) is 25.6 Å². The van der Waals surface area contributed by atoms with Gasteiger partial charge in [0.1, 0.15) is 17.8 Å². The number of aliphatic carboxylic acids is 1. The van der Waals surface area contributed by atoms with Gasteiger partial charge in [0.15, 0.2) is 6.04 Å². The Kier molecular flexibility index (Phi) is 13.1. The highest BCUT2D eigenvalue weighted by Gasteiger charge is 2.31. The van der Waals surface area contributed by atoms with Crippen molar-refractivity contribution < 1.29 is 34.5 Å². The van der Waals surface area contributed by atoms with Gasteiger partial charge in [-0.1, -0.05) is 12.1 Å². The Morgan fingerprint density at radius 1 is 0.971 bits per heavy atom. The summed E-state index contributed by atoms with van der Waals surface area (Å²) in [5.74, 6) is -3.63. The maximum atomic E-state index is 12.9. The van der Waals surface area contributed by atoms with Gasteiger partial charge in [0.05, 0.1) is 12.1 Å². The van der Waals surface area contributed by atoms with Crippen LogP contribution >= 0.6 is 12.6 Å². The van der Waals surface area contributed by atoms with Crippen molar-refractivity contribution in [1.29, 1.82) is 0 Å². The van der Waals surface area contributed by atoms with E-state index in [1.54, 1.807) is 12.1 Å². The quantitative estimate of drug-likeness (QED) is 0.0957. The van der Waals surface area contributed by atoms with Gasteiger partial charge in [-0.25, -0.2) is 4.79 Å². The van der Waals surface area contributed by atoms with Crippen LogP contribution in [0, 0.1) is 0 Å². The van der Waals surface area contributed by atoms with Gasteiger partial charge >= 0.3 is 5.97 Å². The van der Waals surface area contributed by atoms with Crippen LogP contribution in [0.3, 0.4) is 0 Å². The highest BCUT2D eigenvalue weighted by Crippen LogP contribution is 2.11. The lowest BCUT2D eigenvalue weighted by Crippen LogP contribution is -2.58. The van der Waals surface area contributed by atoms with Gasteiger partial charge in [0.2, 0.25) is 17.7 Å². The molecule has 1 rings (SSSR count). The van der Waals surface area contributed by atoms with Crippen molar-refractivity contribution in [3.63, 3.8) is 0 Å². The molecule has 10 N–H and O–H groups in total. The third-order valence-electron chi connectivity index (χ3n) is 5.17. The SMILES string of the molecule is CC(O)C(NC(=O)C(CS)NC(=O)C(CCCCN)NC(=O)C(N)Cc1ccc(O)cc1)C(=O)O. The minimum Gasteiger partial charge on any atom is -0.508 e. The predicted octanol–water partition coefficient (Wildman–Crippen LogP) is -1.76. The van der Waals surface area contributed by atoms with Gasteiger partial charge in [0, 0.05) is 5.75 Å². The van der Waals surface area contributed by atoms with Crippen LogP contribution in [0.1, 0.15) is 31.7 Å². The third kappa shape index (κ3) is 10.5. The van der Waals surface area contributed by atoms with Crippen LogP contribution in [0.15, 0.2) is 24.3 Å². The van der Waals surface area contributed by atoms with E-state index in [9.17, 15) is 29.4 Å². The summed E-state index contributed by atoms with van der Waals surface area (Å²) >= 11 is 4.05. The van der Waals surface area contributed by atoms with E-state index < -0.39 is 54.0 Å². The smallest absolute Gasteiger partial charge is 0.328 e. The minimum atomic E-state index is -1.57. The van der Waals surface area contributed by atoms with Gasteiger partial charge in [-0.2, -0.15) is 12.6 Å². The molecule has 13 heteroatoms. The lowest BCUT2D eigenvalue weighted by atomic mass is 10.0. The Morgan fingerprint density at radius 2 is 1.54 bits per heavy atom. The van der Waals surface area contributed by atoms with E-state index >= 15 is 0 Å². The highest BCUT2D eigenvalue weighted by atomic mass is 32.1. The molecule has 3 amide bonds. The number of hydrogen-bond donors (Lipinski definition) is 9. The van der Waals surface area contributed by atoms with E-state index in [0.29, 0.717) is 24.9 Å². The van der Waals surface area contributed by atoms with Crippen LogP contribution in [0.4, 0.5) is 0 Å². The van der Waals surface area contributed by atoms with Gasteiger partial charge in [-0.15, -0.1) is 0 Å². The summed E-state index contributed by atoms with van der Waals surface area (Å²) in [6, 6.07) is 1.41. The molecule has 0 aliphatic carbocycles. The first-order chi connectivity index (χ1) is 16.5. The number of phenolic OH excluding ortho intramolecular Hbond substituents is 1. The largest absolute Gasteiger partial charge is 0.508 e. The van der Waals surface area contributed by atoms with Crippen molar-refractivity contribution in [2.45, 2.75) is 62.9 Å². The molecule has 196 valence electrons. The number of aliphatic hydroxyl groups excluding tert-OH is 1. The second kappa shape index (κ2) is 15.2. The molecule has 0 spiro atoms. The third-order valence-corrected chi connectivity index (χ3v) is 5.54. The normalized spacial score (nSPS) is 15.2. The molecule has 5 unspecified atom stereocenters. The van der Waals surface area contributed by atoms with Crippen molar-refractivity contribution in [3.05, 3.63) is 29.8 Å². The number of rotatable bonds is 15. The molecule has 0 aromatic heterocycles. The lowest BCUT2D eigenvalue weighted by molar-refractivity contribution is -0.145. The molecule has 5 atom stereocenters. The van der Waals surface area contributed by atoms with E-state index in [4.69, 9.17) is 16.6 Å². The molecule has 12 nitrogen and oxygen atoms in total. The molecule has 0 saturated carbocycles. The summed E-state index contributed by atoms with van der Waals surface area (Å²) in [6.45, 7) is 1.60. The summed E-state index contributed by atoms with van der Waals surface area (Å²) in [6.07, 6.45) is 0.146. The number of unbranched alkanes of at least 4 members (excludes halogenated alkanes) is 1. The molecule has 0 radical (unpaired) electrons. The second-order valence-electron chi connectivity index (χ2n) is 8.13. The second-order valence-corrected chi connectivity index (χ2v) is 8.50. The number of amides is 3. The van der Waals surface area contributed by atoms with Crippen LogP contribution in [0.25, 0.3) is 0 Å². The standard InChI is InChI=1S/C22H35N5O7S/c1-12(28)18(22(33)34)27-21(32)17(11-35)26-20(31)16(4-2-3-9-23)25-19(30)15(24)10-13-5-7-14(29)8-6-13/h5-8,12,15-18,28-29,35H,2-4,9-11,23-24H2,1H3,(H,25,30)(H,26,31)(H,27,32)(H,33,34). The van der Waals surface area contributed by atoms with Crippen molar-refractivity contribution >= 4 is 36.3 Å². The van der Waals surface area contributed by atoms with Crippen molar-refractivity contribution in [2.75, 3.05) is 12.3 Å². The van der Waals surface area contributed by atoms with Gasteiger partial charge in [0.25, 0.3) is 0 Å². The van der Waals surface area contributed by atoms with E-state index in [1.165, 1.54) is 19.1 Å². The maximum Gasteiger partial charge on any atom is 0.328 e. The van der Waals surface area contributed by atoms with Crippen LogP contribution < -0.4 is 27.4 Å². The molecule has 0 heterocycles. The minimum absolute atomic E-state index is 0.0781. The van der Waals surface area contributed by atoms with E-state index in [-0.39, 0.29) is 24.3 Å². The van der Waals surface area contributed by atoms with Gasteiger partial charge < -0.3 is 42.7 Å². The van der Waals surface area contributed by atoms with Crippen molar-refractivity contribution in [3.8, 4) is 5.75 Å². The van der Waals surface area contributed by atoms with Crippen LogP contribution in [0.5, 0.6) is 5.75 Å². The number of thiol groups is 1. The Bertz CT molecular complexity index is 853. The Balaban J connectivity index is 2.86. The number of carboxylic acids is 1. The number of carboxylic acid groups (broad SMARTS) is 1. The number of nitrogens with one attached hydrogen (secondary N) is 3. The molecular weight excluding hydrogens is 478 g/mol. The average Bonchev–Trinajstić information content (AvgIpc) is 2.80. The fourth-order valence-corrected chi connectivity index (χ4v) is 3.39. The first kappa shape index (κ1) is 30.2. The van der Waals surface area contributed by atoms with Crippen LogP contribution in [-0.4, -0.2) is 81.6 Å². The highest BCUT2D eigenvalue weighted by molar-refractivity contribution is 7.80. The summed E-state index contributed by atoms with van der Waals surface area (Å²) in [5.41, 5.74) is 12.2. The van der Waals surface area contributed by atoms with Crippen molar-refractivity contribution in [1.82, 2.24) is 16.0 Å². The first-order valence-corrected chi connectivity index (χ1v) is 11.8. The number of aromatic hydroxyl groups is 1. The van der Waals surface area contributed by atoms with E-state index in [0.717, 1.165) is 0 Å². The zero-order chi connectivity index (χ0) is 26.5. The summed E-state index contributed by atoms with van der Waals surface area (Å²) < 4.78 is 0. The molecular formula is C22H35N5O7S. The molecule has 0 fully saturated rings. The average molecular weight is 514 g/mol. The zero-order valence-corrected chi connectivity index (χ0v) is 20.4. The Morgan fingerprint density at radius 3 is 2.06 bits per heavy atom. The Hall–Kier alpha value is -2.87.